The first-order valence-corrected chi connectivity index (χ1v) is 26.4. The van der Waals surface area contributed by atoms with E-state index in [1.807, 2.05) is 13.8 Å². The minimum Gasteiger partial charge on any atom is -0.480 e. The molecule has 0 radical (unpaired) electrons. The van der Waals surface area contributed by atoms with E-state index in [1.54, 1.807) is 44.3 Å². The lowest BCUT2D eigenvalue weighted by molar-refractivity contribution is -0.146. The van der Waals surface area contributed by atoms with Gasteiger partial charge in [-0.2, -0.15) is 0 Å². The normalized spacial score (nSPS) is 18.0. The summed E-state index contributed by atoms with van der Waals surface area (Å²) in [6.45, 7) is 5.60. The van der Waals surface area contributed by atoms with Gasteiger partial charge >= 0.3 is 5.97 Å². The van der Waals surface area contributed by atoms with Crippen LogP contribution in [0, 0.1) is 11.8 Å². The molecule has 2 aliphatic rings. The first-order chi connectivity index (χ1) is 36.6. The number of hydrogen-bond acceptors (Lipinski definition) is 14. The van der Waals surface area contributed by atoms with Crippen LogP contribution in [0.2, 0.25) is 0 Å². The Morgan fingerprint density at radius 1 is 0.727 bits per heavy atom. The Morgan fingerprint density at radius 2 is 1.30 bits per heavy atom. The molecule has 16 N–H and O–H groups in total. The predicted molar refractivity (Wildman–Crippen MR) is 280 cm³/mol. The molecule has 26 heteroatoms. The molecule has 2 aromatic rings. The standard InChI is InChI=1S/C51H79N13O13/c1-5-29(4)43(51(76)77)62-48(73)39-16-11-21-64(39)50(75)37(27-65)59-42(68)26-56-44(69)34(14-8-9-19-52)60-46(71)36(23-30-24-55-33-13-7-6-12-31(30)33)58-41(67)25-57-45(70)35(17-18-40(54)66)61-47(72)38-15-10-20-63(38)49(74)32(53)22-28(2)3/h6-7,12-13,24,28-29,32,34-39,43,55,65H,5,8-11,14-23,25-27,52-53H2,1-4H3,(H2,54,66)(H,56,69)(H,57,70)(H,58,67)(H,59,68)(H,60,71)(H,61,72)(H,62,73)(H,76,77)/t29-,32-,34-,35-,36-,37-,38-,39-,43-/m0/s1. The maximum atomic E-state index is 14.3. The first kappa shape index (κ1) is 62.4. The van der Waals surface area contributed by atoms with Gasteiger partial charge in [-0.1, -0.05) is 52.3 Å². The van der Waals surface area contributed by atoms with E-state index in [0.717, 1.165) is 15.8 Å². The summed E-state index contributed by atoms with van der Waals surface area (Å²) in [5.41, 5.74) is 18.6. The summed E-state index contributed by atoms with van der Waals surface area (Å²) in [7, 11) is 0. The number of aliphatic hydroxyl groups is 1. The quantitative estimate of drug-likeness (QED) is 0.0340. The van der Waals surface area contributed by atoms with Crippen LogP contribution in [0.5, 0.6) is 0 Å². The molecule has 10 amide bonds. The van der Waals surface area contributed by atoms with E-state index in [9.17, 15) is 63.0 Å². The van der Waals surface area contributed by atoms with Crippen LogP contribution in [0.4, 0.5) is 0 Å². The number of aromatic amines is 1. The highest BCUT2D eigenvalue weighted by Crippen LogP contribution is 2.23. The summed E-state index contributed by atoms with van der Waals surface area (Å²) in [5, 5.41) is 38.2. The number of nitrogens with zero attached hydrogens (tertiary/aromatic N) is 2. The highest BCUT2D eigenvalue weighted by atomic mass is 16.4. The van der Waals surface area contributed by atoms with E-state index in [4.69, 9.17) is 17.2 Å². The van der Waals surface area contributed by atoms with Crippen LogP contribution < -0.4 is 54.4 Å². The number of carboxylic acid groups (broad SMARTS) is 1. The highest BCUT2D eigenvalue weighted by Gasteiger charge is 2.41. The predicted octanol–water partition coefficient (Wildman–Crippen LogP) is -2.76. The third kappa shape index (κ3) is 18.5. The van der Waals surface area contributed by atoms with Crippen molar-refractivity contribution < 1.29 is 63.0 Å². The summed E-state index contributed by atoms with van der Waals surface area (Å²) < 4.78 is 0. The molecule has 426 valence electrons. The summed E-state index contributed by atoms with van der Waals surface area (Å²) >= 11 is 0. The molecule has 0 bridgehead atoms. The van der Waals surface area contributed by atoms with Gasteiger partial charge in [-0.05, 0) is 87.8 Å². The molecule has 0 saturated carbocycles. The third-order valence-electron chi connectivity index (χ3n) is 13.8. The lowest BCUT2D eigenvalue weighted by atomic mass is 9.98. The zero-order valence-corrected chi connectivity index (χ0v) is 44.4. The van der Waals surface area contributed by atoms with Crippen molar-refractivity contribution in [2.24, 2.45) is 29.0 Å². The number of primary amides is 1. The summed E-state index contributed by atoms with van der Waals surface area (Å²) in [6, 6.07) is -2.39. The number of nitrogens with two attached hydrogens (primary N) is 3. The largest absolute Gasteiger partial charge is 0.480 e. The topological polar surface area (TPSA) is 413 Å². The second-order valence-corrected chi connectivity index (χ2v) is 20.2. The van der Waals surface area contributed by atoms with Gasteiger partial charge < -0.3 is 79.4 Å². The number of H-pyrrole nitrogens is 1. The second kappa shape index (κ2) is 30.5. The molecule has 9 atom stereocenters. The van der Waals surface area contributed by atoms with Gasteiger partial charge in [-0.15, -0.1) is 0 Å². The summed E-state index contributed by atoms with van der Waals surface area (Å²) in [4.78, 5) is 152. The van der Waals surface area contributed by atoms with Crippen LogP contribution in [0.1, 0.15) is 104 Å². The van der Waals surface area contributed by atoms with Crippen LogP contribution in [-0.2, 0) is 59.2 Å². The number of carboxylic acids is 1. The molecule has 1 aromatic carbocycles. The van der Waals surface area contributed by atoms with Gasteiger partial charge in [-0.25, -0.2) is 4.79 Å². The van der Waals surface area contributed by atoms with Gasteiger partial charge in [-0.3, -0.25) is 47.9 Å². The van der Waals surface area contributed by atoms with Crippen molar-refractivity contribution in [2.45, 2.75) is 153 Å². The molecule has 2 saturated heterocycles. The van der Waals surface area contributed by atoms with Crippen molar-refractivity contribution in [3.05, 3.63) is 36.0 Å². The van der Waals surface area contributed by atoms with E-state index < -0.39 is 139 Å². The fraction of sp³-hybridized carbons (Fsp3) is 0.627. The minimum absolute atomic E-state index is 0.0338. The number of aliphatic carboxylic acids is 1. The maximum Gasteiger partial charge on any atom is 0.326 e. The first-order valence-electron chi connectivity index (χ1n) is 26.4. The number of aliphatic hydroxyl groups excluding tert-OH is 1. The van der Waals surface area contributed by atoms with E-state index in [0.29, 0.717) is 50.5 Å². The van der Waals surface area contributed by atoms with Gasteiger partial charge in [0, 0.05) is 43.0 Å². The SMILES string of the molecule is CC[C@H](C)[C@H](NC(=O)[C@@H]1CCCN1C(=O)[C@H](CO)NC(=O)CNC(=O)[C@H](CCCCN)NC(=O)[C@H](Cc1c[nH]c2ccccc12)NC(=O)CNC(=O)[C@H](CCC(N)=O)NC(=O)[C@@H]1CCCN1C(=O)[C@@H](N)CC(C)C)C(=O)O. The Morgan fingerprint density at radius 3 is 1.86 bits per heavy atom. The number of amides is 10. The highest BCUT2D eigenvalue weighted by molar-refractivity contribution is 5.98. The van der Waals surface area contributed by atoms with Crippen LogP contribution >= 0.6 is 0 Å². The number of nitrogens with one attached hydrogen (secondary N) is 8. The molecule has 0 aliphatic carbocycles. The van der Waals surface area contributed by atoms with Crippen molar-refractivity contribution in [1.29, 1.82) is 0 Å². The van der Waals surface area contributed by atoms with E-state index in [1.165, 1.54) is 4.90 Å². The minimum atomic E-state index is -1.53. The average Bonchev–Trinajstić information content (AvgIpc) is 4.19. The van der Waals surface area contributed by atoms with E-state index in [-0.39, 0.29) is 57.7 Å². The van der Waals surface area contributed by atoms with Crippen LogP contribution in [0.15, 0.2) is 30.5 Å². The summed E-state index contributed by atoms with van der Waals surface area (Å²) in [5.74, 6) is -9.07. The number of likely N-dealkylation sites (tertiary alicyclic amines) is 2. The Bertz CT molecular complexity index is 2420. The van der Waals surface area contributed by atoms with Gasteiger partial charge in [0.1, 0.15) is 42.3 Å². The maximum absolute atomic E-state index is 14.3. The number of para-hydroxylation sites is 1. The average molecular weight is 1080 g/mol. The number of carbonyl (C=O) groups excluding carboxylic acids is 10. The van der Waals surface area contributed by atoms with Crippen LogP contribution in [0.3, 0.4) is 0 Å². The zero-order valence-electron chi connectivity index (χ0n) is 44.4. The second-order valence-electron chi connectivity index (χ2n) is 20.2. The smallest absolute Gasteiger partial charge is 0.326 e. The molecule has 4 rings (SSSR count). The molecule has 26 nitrogen and oxygen atoms in total. The van der Waals surface area contributed by atoms with Crippen molar-refractivity contribution in [1.82, 2.24) is 52.0 Å². The Labute approximate surface area is 447 Å². The molecular formula is C51H79N13O13. The molecule has 1 aromatic heterocycles. The monoisotopic (exact) mass is 1080 g/mol. The summed E-state index contributed by atoms with van der Waals surface area (Å²) in [6.07, 6.45) is 4.11. The van der Waals surface area contributed by atoms with Crippen LogP contribution in [-0.4, -0.2) is 178 Å². The van der Waals surface area contributed by atoms with Gasteiger partial charge in [0.2, 0.25) is 59.1 Å². The van der Waals surface area contributed by atoms with Gasteiger partial charge in [0.25, 0.3) is 0 Å². The van der Waals surface area contributed by atoms with Gasteiger partial charge in [0.15, 0.2) is 0 Å². The number of hydrogen-bond donors (Lipinski definition) is 13. The fourth-order valence-corrected chi connectivity index (χ4v) is 9.40. The number of aromatic nitrogens is 1. The number of unbranched alkanes of at least 4 members (excludes halogenated alkanes) is 1. The third-order valence-corrected chi connectivity index (χ3v) is 13.8. The fourth-order valence-electron chi connectivity index (χ4n) is 9.40. The Balaban J connectivity index is 1.45. The molecular weight excluding hydrogens is 1000 g/mol. The van der Waals surface area contributed by atoms with Gasteiger partial charge in [0.05, 0.1) is 25.7 Å². The molecule has 77 heavy (non-hydrogen) atoms. The Hall–Kier alpha value is -7.19. The lowest BCUT2D eigenvalue weighted by Crippen LogP contribution is -2.58. The van der Waals surface area contributed by atoms with Crippen molar-refractivity contribution in [3.63, 3.8) is 0 Å². The van der Waals surface area contributed by atoms with Crippen molar-refractivity contribution >= 4 is 75.9 Å². The van der Waals surface area contributed by atoms with Crippen LogP contribution in [0.25, 0.3) is 10.9 Å². The van der Waals surface area contributed by atoms with E-state index in [2.05, 4.69) is 42.2 Å². The molecule has 3 heterocycles. The molecule has 0 spiro atoms. The number of benzene rings is 1. The van der Waals surface area contributed by atoms with E-state index >= 15 is 0 Å². The number of carbonyl (C=O) groups is 11. The zero-order chi connectivity index (χ0) is 56.9. The molecule has 0 unspecified atom stereocenters. The Kier molecular flexibility index (Phi) is 24.7. The molecule has 2 fully saturated rings. The molecule has 2 aliphatic heterocycles. The lowest BCUT2D eigenvalue weighted by Gasteiger charge is -2.29. The number of rotatable bonds is 31. The van der Waals surface area contributed by atoms with Crippen molar-refractivity contribution in [2.75, 3.05) is 39.3 Å². The van der Waals surface area contributed by atoms with Crippen molar-refractivity contribution in [3.8, 4) is 0 Å². The number of fused-ring (bicyclic) bond motifs is 1.